The number of piperazine rings is 1. The van der Waals surface area contributed by atoms with Crippen LogP contribution in [0.5, 0.6) is 11.6 Å². The van der Waals surface area contributed by atoms with E-state index in [0.717, 1.165) is 26.2 Å². The zero-order valence-corrected chi connectivity index (χ0v) is 15.1. The number of likely N-dealkylation sites (N-methyl/N-ethyl adjacent to an activating group) is 1. The molecule has 1 fully saturated rings. The molecule has 1 aliphatic heterocycles. The largest absolute Gasteiger partial charge is 0.465 e. The van der Waals surface area contributed by atoms with Gasteiger partial charge in [0, 0.05) is 32.2 Å². The first-order chi connectivity index (χ1) is 13.0. The number of pyridine rings is 1. The maximum absolute atomic E-state index is 11.5. The van der Waals surface area contributed by atoms with Gasteiger partial charge in [0.1, 0.15) is 11.6 Å². The van der Waals surface area contributed by atoms with Gasteiger partial charge in [-0.1, -0.05) is 0 Å². The fourth-order valence-electron chi connectivity index (χ4n) is 2.74. The number of benzene rings is 1. The number of hydrogen-bond donors (Lipinski definition) is 0. The molecule has 0 radical (unpaired) electrons. The molecule has 1 aromatic carbocycles. The molecular weight excluding hydrogens is 352 g/mol. The third-order valence-corrected chi connectivity index (χ3v) is 4.34. The predicted octanol–water partition coefficient (Wildman–Crippen LogP) is 2.32. The van der Waals surface area contributed by atoms with Gasteiger partial charge in [-0.05, 0) is 37.4 Å². The molecule has 9 heteroatoms. The van der Waals surface area contributed by atoms with Crippen molar-refractivity contribution in [3.8, 4) is 11.6 Å². The van der Waals surface area contributed by atoms with Crippen molar-refractivity contribution in [3.05, 3.63) is 52.1 Å². The smallest absolute Gasteiger partial charge is 0.337 e. The number of ether oxygens (including phenoxy) is 2. The van der Waals surface area contributed by atoms with Gasteiger partial charge in [-0.2, -0.15) is 4.98 Å². The Kier molecular flexibility index (Phi) is 5.51. The molecule has 1 aromatic heterocycles. The Morgan fingerprint density at radius 1 is 1.11 bits per heavy atom. The summed E-state index contributed by atoms with van der Waals surface area (Å²) in [4.78, 5) is 30.9. The summed E-state index contributed by atoms with van der Waals surface area (Å²) >= 11 is 0. The van der Waals surface area contributed by atoms with Crippen LogP contribution in [0.25, 0.3) is 0 Å². The van der Waals surface area contributed by atoms with Crippen molar-refractivity contribution in [2.24, 2.45) is 0 Å². The van der Waals surface area contributed by atoms with Crippen LogP contribution in [-0.4, -0.2) is 61.1 Å². The number of esters is 1. The molecule has 27 heavy (non-hydrogen) atoms. The lowest BCUT2D eigenvalue weighted by atomic mass is 10.2. The van der Waals surface area contributed by atoms with E-state index >= 15 is 0 Å². The van der Waals surface area contributed by atoms with Crippen molar-refractivity contribution in [2.45, 2.75) is 0 Å². The number of carbonyl (C=O) groups excluding carboxylic acids is 1. The van der Waals surface area contributed by atoms with E-state index in [1.165, 1.54) is 25.3 Å². The number of rotatable bonds is 5. The zero-order chi connectivity index (χ0) is 19.4. The first-order valence-electron chi connectivity index (χ1n) is 8.43. The number of methoxy groups -OCH3 is 1. The minimum Gasteiger partial charge on any atom is -0.465 e. The molecule has 3 rings (SSSR count). The van der Waals surface area contributed by atoms with Gasteiger partial charge in [-0.3, -0.25) is 10.1 Å². The summed E-state index contributed by atoms with van der Waals surface area (Å²) in [7, 11) is 3.34. The van der Waals surface area contributed by atoms with Crippen LogP contribution in [0.4, 0.5) is 11.5 Å². The van der Waals surface area contributed by atoms with Crippen molar-refractivity contribution in [3.63, 3.8) is 0 Å². The fraction of sp³-hybridized carbons (Fsp3) is 0.333. The SMILES string of the molecule is COC(=O)c1ccc(Oc2nc(N3CCN(C)CC3)ccc2[N+](=O)[O-])cc1. The van der Waals surface area contributed by atoms with Crippen molar-refractivity contribution >= 4 is 17.5 Å². The number of hydrogen-bond acceptors (Lipinski definition) is 8. The van der Waals surface area contributed by atoms with E-state index < -0.39 is 10.9 Å². The zero-order valence-electron chi connectivity index (χ0n) is 15.1. The van der Waals surface area contributed by atoms with E-state index in [9.17, 15) is 14.9 Å². The lowest BCUT2D eigenvalue weighted by Gasteiger charge is -2.33. The molecule has 2 heterocycles. The minimum absolute atomic E-state index is 0.0813. The molecule has 0 atom stereocenters. The van der Waals surface area contributed by atoms with E-state index in [-0.39, 0.29) is 11.6 Å². The fourth-order valence-corrected chi connectivity index (χ4v) is 2.74. The van der Waals surface area contributed by atoms with Crippen LogP contribution in [0.3, 0.4) is 0 Å². The van der Waals surface area contributed by atoms with E-state index in [0.29, 0.717) is 17.1 Å². The van der Waals surface area contributed by atoms with Crippen molar-refractivity contribution in [2.75, 3.05) is 45.2 Å². The van der Waals surface area contributed by atoms with Gasteiger partial charge >= 0.3 is 17.5 Å². The lowest BCUT2D eigenvalue weighted by Crippen LogP contribution is -2.44. The molecule has 0 unspecified atom stereocenters. The molecular formula is C18H20N4O5. The highest BCUT2D eigenvalue weighted by Gasteiger charge is 2.22. The summed E-state index contributed by atoms with van der Waals surface area (Å²) in [6.07, 6.45) is 0. The van der Waals surface area contributed by atoms with Crippen LogP contribution >= 0.6 is 0 Å². The van der Waals surface area contributed by atoms with Crippen molar-refractivity contribution < 1.29 is 19.2 Å². The van der Waals surface area contributed by atoms with E-state index in [1.807, 2.05) is 7.05 Å². The highest BCUT2D eigenvalue weighted by atomic mass is 16.6. The van der Waals surface area contributed by atoms with E-state index in [1.54, 1.807) is 18.2 Å². The summed E-state index contributed by atoms with van der Waals surface area (Å²) in [5.41, 5.74) is 0.142. The maximum Gasteiger partial charge on any atom is 0.337 e. The van der Waals surface area contributed by atoms with Crippen LogP contribution in [0, 0.1) is 10.1 Å². The van der Waals surface area contributed by atoms with Gasteiger partial charge in [0.15, 0.2) is 0 Å². The maximum atomic E-state index is 11.5. The Labute approximate surface area is 156 Å². The topological polar surface area (TPSA) is 98.0 Å². The van der Waals surface area contributed by atoms with Gasteiger partial charge in [0.2, 0.25) is 0 Å². The van der Waals surface area contributed by atoms with E-state index in [4.69, 9.17) is 4.74 Å². The van der Waals surface area contributed by atoms with Crippen LogP contribution < -0.4 is 9.64 Å². The third kappa shape index (κ3) is 4.32. The van der Waals surface area contributed by atoms with Crippen LogP contribution in [-0.2, 0) is 4.74 Å². The Balaban J connectivity index is 1.85. The minimum atomic E-state index is -0.529. The standard InChI is InChI=1S/C18H20N4O5/c1-20-9-11-21(12-10-20)16-8-7-15(22(24)25)17(19-16)27-14-5-3-13(4-6-14)18(23)26-2/h3-8H,9-12H2,1-2H3. The Morgan fingerprint density at radius 3 is 2.37 bits per heavy atom. The second kappa shape index (κ2) is 8.00. The first kappa shape index (κ1) is 18.6. The molecule has 0 saturated carbocycles. The third-order valence-electron chi connectivity index (χ3n) is 4.34. The Hall–Kier alpha value is -3.20. The predicted molar refractivity (Wildman–Crippen MR) is 98.5 cm³/mol. The number of nitro groups is 1. The molecule has 2 aromatic rings. The molecule has 142 valence electrons. The molecule has 0 spiro atoms. The normalized spacial score (nSPS) is 14.7. The molecule has 1 aliphatic rings. The molecule has 9 nitrogen and oxygen atoms in total. The lowest BCUT2D eigenvalue weighted by molar-refractivity contribution is -0.386. The van der Waals surface area contributed by atoms with Gasteiger partial charge in [-0.15, -0.1) is 0 Å². The highest BCUT2D eigenvalue weighted by molar-refractivity contribution is 5.89. The van der Waals surface area contributed by atoms with Crippen LogP contribution in [0.1, 0.15) is 10.4 Å². The molecule has 1 saturated heterocycles. The van der Waals surface area contributed by atoms with Crippen molar-refractivity contribution in [1.29, 1.82) is 0 Å². The van der Waals surface area contributed by atoms with E-state index in [2.05, 4.69) is 19.5 Å². The summed E-state index contributed by atoms with van der Waals surface area (Å²) in [5.74, 6) is 0.425. The molecule has 0 N–H and O–H groups in total. The summed E-state index contributed by atoms with van der Waals surface area (Å²) in [6, 6.07) is 9.17. The average Bonchev–Trinajstić information content (AvgIpc) is 2.68. The quantitative estimate of drug-likeness (QED) is 0.448. The van der Waals surface area contributed by atoms with Gasteiger partial charge in [-0.25, -0.2) is 4.79 Å². The Morgan fingerprint density at radius 2 is 1.78 bits per heavy atom. The van der Waals surface area contributed by atoms with Gasteiger partial charge in [0.05, 0.1) is 17.6 Å². The molecule has 0 amide bonds. The average molecular weight is 372 g/mol. The van der Waals surface area contributed by atoms with Crippen LogP contribution in [0.2, 0.25) is 0 Å². The second-order valence-electron chi connectivity index (χ2n) is 6.16. The number of aromatic nitrogens is 1. The number of anilines is 1. The summed E-state index contributed by atoms with van der Waals surface area (Å²) < 4.78 is 10.3. The molecule has 0 bridgehead atoms. The van der Waals surface area contributed by atoms with Gasteiger partial charge < -0.3 is 19.3 Å². The van der Waals surface area contributed by atoms with Crippen molar-refractivity contribution in [1.82, 2.24) is 9.88 Å². The van der Waals surface area contributed by atoms with Crippen LogP contribution in [0.15, 0.2) is 36.4 Å². The number of nitrogens with zero attached hydrogens (tertiary/aromatic N) is 4. The Bertz CT molecular complexity index is 832. The first-order valence-corrected chi connectivity index (χ1v) is 8.43. The number of carbonyl (C=O) groups is 1. The second-order valence-corrected chi connectivity index (χ2v) is 6.16. The van der Waals surface area contributed by atoms with Gasteiger partial charge in [0.25, 0.3) is 0 Å². The highest BCUT2D eigenvalue weighted by Crippen LogP contribution is 2.32. The molecule has 0 aliphatic carbocycles. The summed E-state index contributed by atoms with van der Waals surface area (Å²) in [5, 5.41) is 11.3. The monoisotopic (exact) mass is 372 g/mol. The summed E-state index contributed by atoms with van der Waals surface area (Å²) in [6.45, 7) is 3.36.